The van der Waals surface area contributed by atoms with Crippen LogP contribution in [0.15, 0.2) is 24.3 Å². The summed E-state index contributed by atoms with van der Waals surface area (Å²) in [4.78, 5) is 0. The minimum atomic E-state index is -4.65. The van der Waals surface area contributed by atoms with Gasteiger partial charge in [-0.2, -0.15) is 0 Å². The highest BCUT2D eigenvalue weighted by molar-refractivity contribution is 6.63. The van der Waals surface area contributed by atoms with E-state index in [1.54, 1.807) is 0 Å². The standard InChI is InChI=1S/C13H15BF3/c1-2-10-4-3-5-11(6-10)12-7-13(8-12,9-12)14(15,16)17/h3-6H,2,7-9H2,1H3/q-1. The van der Waals surface area contributed by atoms with Crippen molar-refractivity contribution in [2.75, 3.05) is 0 Å². The molecule has 4 heteroatoms. The van der Waals surface area contributed by atoms with Gasteiger partial charge in [-0.05, 0) is 23.0 Å². The molecule has 0 saturated heterocycles. The fourth-order valence-corrected chi connectivity index (χ4v) is 3.64. The van der Waals surface area contributed by atoms with E-state index in [-0.39, 0.29) is 5.41 Å². The highest BCUT2D eigenvalue weighted by Gasteiger charge is 2.74. The van der Waals surface area contributed by atoms with Crippen molar-refractivity contribution in [3.05, 3.63) is 35.4 Å². The van der Waals surface area contributed by atoms with Crippen LogP contribution in [0.2, 0.25) is 5.31 Å². The molecule has 0 atom stereocenters. The normalized spacial score (nSPS) is 35.1. The lowest BCUT2D eigenvalue weighted by Gasteiger charge is -2.75. The zero-order valence-corrected chi connectivity index (χ0v) is 9.85. The van der Waals surface area contributed by atoms with Crippen LogP contribution in [0.25, 0.3) is 0 Å². The van der Waals surface area contributed by atoms with E-state index in [2.05, 4.69) is 13.0 Å². The third kappa shape index (κ3) is 1.33. The molecule has 0 unspecified atom stereocenters. The maximum Gasteiger partial charge on any atom is 0.484 e. The highest BCUT2D eigenvalue weighted by Crippen LogP contribution is 2.82. The molecule has 4 rings (SSSR count). The van der Waals surface area contributed by atoms with Crippen LogP contribution in [0.1, 0.15) is 37.3 Å². The maximum atomic E-state index is 12.8. The Hall–Kier alpha value is -0.925. The summed E-state index contributed by atoms with van der Waals surface area (Å²) in [6.07, 6.45) is 1.93. The zero-order valence-electron chi connectivity index (χ0n) is 9.85. The largest absolute Gasteiger partial charge is 0.484 e. The van der Waals surface area contributed by atoms with Crippen molar-refractivity contribution < 1.29 is 12.9 Å². The monoisotopic (exact) mass is 239 g/mol. The Kier molecular flexibility index (Phi) is 2.03. The predicted octanol–water partition coefficient (Wildman–Crippen LogP) is 4.27. The van der Waals surface area contributed by atoms with Crippen molar-refractivity contribution >= 4 is 6.98 Å². The molecule has 1 aromatic carbocycles. The first kappa shape index (κ1) is 11.2. The maximum absolute atomic E-state index is 12.8. The van der Waals surface area contributed by atoms with Crippen molar-refractivity contribution in [1.29, 1.82) is 0 Å². The van der Waals surface area contributed by atoms with Crippen LogP contribution < -0.4 is 0 Å². The lowest BCUT2D eigenvalue weighted by molar-refractivity contribution is -0.0401. The Morgan fingerprint density at radius 1 is 1.18 bits per heavy atom. The van der Waals surface area contributed by atoms with Crippen molar-refractivity contribution in [2.24, 2.45) is 0 Å². The first-order valence-corrected chi connectivity index (χ1v) is 6.20. The molecule has 3 saturated carbocycles. The van der Waals surface area contributed by atoms with Gasteiger partial charge in [-0.1, -0.05) is 55.8 Å². The van der Waals surface area contributed by atoms with Crippen molar-refractivity contribution in [2.45, 2.75) is 43.3 Å². The molecule has 0 aromatic heterocycles. The summed E-state index contributed by atoms with van der Waals surface area (Å²) < 4.78 is 38.4. The summed E-state index contributed by atoms with van der Waals surface area (Å²) in [6.45, 7) is -2.58. The summed E-state index contributed by atoms with van der Waals surface area (Å²) in [5.74, 6) is 0. The first-order chi connectivity index (χ1) is 7.91. The van der Waals surface area contributed by atoms with Gasteiger partial charge in [0.2, 0.25) is 0 Å². The van der Waals surface area contributed by atoms with Gasteiger partial charge in [0.05, 0.1) is 0 Å². The molecule has 17 heavy (non-hydrogen) atoms. The topological polar surface area (TPSA) is 0 Å². The third-order valence-electron chi connectivity index (χ3n) is 4.71. The molecule has 2 bridgehead atoms. The highest BCUT2D eigenvalue weighted by atomic mass is 19.4. The number of hydrogen-bond acceptors (Lipinski definition) is 0. The molecule has 0 N–H and O–H groups in total. The third-order valence-corrected chi connectivity index (χ3v) is 4.71. The molecule has 3 aliphatic carbocycles. The molecule has 0 amide bonds. The molecule has 0 heterocycles. The molecule has 0 aliphatic heterocycles. The van der Waals surface area contributed by atoms with Gasteiger partial charge in [0.1, 0.15) is 0 Å². The molecule has 3 fully saturated rings. The molecule has 92 valence electrons. The van der Waals surface area contributed by atoms with Gasteiger partial charge in [0, 0.05) is 0 Å². The quantitative estimate of drug-likeness (QED) is 0.691. The average Bonchev–Trinajstić information content (AvgIpc) is 2.11. The van der Waals surface area contributed by atoms with Crippen molar-refractivity contribution in [3.63, 3.8) is 0 Å². The minimum Gasteiger partial charge on any atom is -0.449 e. The molecule has 0 spiro atoms. The van der Waals surface area contributed by atoms with Gasteiger partial charge >= 0.3 is 6.98 Å². The SMILES string of the molecule is CCc1cccc(C23CC([B-](F)(F)F)(C2)C3)c1. The van der Waals surface area contributed by atoms with E-state index in [0.29, 0.717) is 19.3 Å². The van der Waals surface area contributed by atoms with Gasteiger partial charge in [0.15, 0.2) is 0 Å². The molecule has 1 aromatic rings. The fraction of sp³-hybridized carbons (Fsp3) is 0.538. The van der Waals surface area contributed by atoms with Gasteiger partial charge in [-0.15, -0.1) is 0 Å². The Labute approximate surface area is 99.3 Å². The van der Waals surface area contributed by atoms with Crippen LogP contribution >= 0.6 is 0 Å². The second-order valence-electron chi connectivity index (χ2n) is 5.80. The molecular formula is C13H15BF3-. The summed E-state index contributed by atoms with van der Waals surface area (Å²) >= 11 is 0. The second kappa shape index (κ2) is 3.09. The number of hydrogen-bond donors (Lipinski definition) is 0. The fourth-order valence-electron chi connectivity index (χ4n) is 3.64. The number of rotatable bonds is 3. The Balaban J connectivity index is 1.82. The van der Waals surface area contributed by atoms with Gasteiger partial charge in [0.25, 0.3) is 0 Å². The van der Waals surface area contributed by atoms with Crippen molar-refractivity contribution in [3.8, 4) is 0 Å². The van der Waals surface area contributed by atoms with Crippen LogP contribution in [0.3, 0.4) is 0 Å². The second-order valence-corrected chi connectivity index (χ2v) is 5.80. The molecular weight excluding hydrogens is 224 g/mol. The summed E-state index contributed by atoms with van der Waals surface area (Å²) in [5, 5.41) is -1.28. The molecule has 0 nitrogen and oxygen atoms in total. The summed E-state index contributed by atoms with van der Waals surface area (Å²) in [6, 6.07) is 8.09. The Morgan fingerprint density at radius 3 is 2.35 bits per heavy atom. The van der Waals surface area contributed by atoms with E-state index in [1.165, 1.54) is 5.56 Å². The van der Waals surface area contributed by atoms with Gasteiger partial charge in [-0.3, -0.25) is 0 Å². The van der Waals surface area contributed by atoms with Crippen LogP contribution in [0.4, 0.5) is 12.9 Å². The smallest absolute Gasteiger partial charge is 0.449 e. The lowest BCUT2D eigenvalue weighted by Crippen LogP contribution is -2.67. The van der Waals surface area contributed by atoms with E-state index in [9.17, 15) is 12.9 Å². The average molecular weight is 239 g/mol. The van der Waals surface area contributed by atoms with Crippen LogP contribution in [0, 0.1) is 0 Å². The van der Waals surface area contributed by atoms with Crippen LogP contribution in [0.5, 0.6) is 0 Å². The predicted molar refractivity (Wildman–Crippen MR) is 63.1 cm³/mol. The van der Waals surface area contributed by atoms with Crippen molar-refractivity contribution in [1.82, 2.24) is 0 Å². The van der Waals surface area contributed by atoms with Gasteiger partial charge in [-0.25, -0.2) is 0 Å². The number of benzene rings is 1. The summed E-state index contributed by atoms with van der Waals surface area (Å²) in [5.41, 5.74) is 2.21. The van der Waals surface area contributed by atoms with Gasteiger partial charge < -0.3 is 12.9 Å². The minimum absolute atomic E-state index is 0.136. The number of aryl methyl sites for hydroxylation is 1. The van der Waals surface area contributed by atoms with Crippen LogP contribution in [-0.2, 0) is 11.8 Å². The Morgan fingerprint density at radius 2 is 1.82 bits per heavy atom. The van der Waals surface area contributed by atoms with E-state index in [0.717, 1.165) is 12.0 Å². The van der Waals surface area contributed by atoms with E-state index >= 15 is 0 Å². The lowest BCUT2D eigenvalue weighted by atomic mass is 9.23. The Bertz CT molecular complexity index is 444. The number of halogens is 3. The first-order valence-electron chi connectivity index (χ1n) is 6.20. The van der Waals surface area contributed by atoms with E-state index in [4.69, 9.17) is 0 Å². The summed E-state index contributed by atoms with van der Waals surface area (Å²) in [7, 11) is 0. The molecule has 0 radical (unpaired) electrons. The van der Waals surface area contributed by atoms with E-state index < -0.39 is 12.3 Å². The van der Waals surface area contributed by atoms with E-state index in [1.807, 2.05) is 18.2 Å². The zero-order chi connectivity index (χ0) is 12.3. The van der Waals surface area contributed by atoms with Crippen LogP contribution in [-0.4, -0.2) is 6.98 Å². The molecule has 3 aliphatic rings.